The number of benzene rings is 3. The van der Waals surface area contributed by atoms with Gasteiger partial charge in [0.1, 0.15) is 0 Å². The van der Waals surface area contributed by atoms with Crippen LogP contribution < -0.4 is 10.5 Å². The third kappa shape index (κ3) is 4.72. The van der Waals surface area contributed by atoms with Crippen LogP contribution in [-0.4, -0.2) is 14.3 Å². The van der Waals surface area contributed by atoms with Crippen LogP contribution in [-0.2, 0) is 10.0 Å². The first kappa shape index (κ1) is 20.8. The quantitative estimate of drug-likeness (QED) is 0.673. The first-order valence-electron chi connectivity index (χ1n) is 9.23. The Morgan fingerprint density at radius 2 is 1.48 bits per heavy atom. The Bertz CT molecular complexity index is 1160. The van der Waals surface area contributed by atoms with Crippen molar-refractivity contribution in [2.24, 2.45) is 5.14 Å². The molecule has 5 nitrogen and oxygen atoms in total. The molecule has 0 fully saturated rings. The maximum atomic E-state index is 13.1. The van der Waals surface area contributed by atoms with E-state index >= 15 is 0 Å². The third-order valence-electron chi connectivity index (χ3n) is 5.05. The lowest BCUT2D eigenvalue weighted by molar-refractivity contribution is 0.0942. The van der Waals surface area contributed by atoms with Gasteiger partial charge < -0.3 is 5.32 Å². The normalized spacial score (nSPS) is 12.4. The summed E-state index contributed by atoms with van der Waals surface area (Å²) in [4.78, 5) is 13.0. The van der Waals surface area contributed by atoms with Gasteiger partial charge in [-0.2, -0.15) is 0 Å². The van der Waals surface area contributed by atoms with Gasteiger partial charge in [0.15, 0.2) is 0 Å². The van der Waals surface area contributed by atoms with Crippen molar-refractivity contribution in [3.63, 3.8) is 0 Å². The smallest absolute Gasteiger partial charge is 0.252 e. The predicted molar refractivity (Wildman–Crippen MR) is 114 cm³/mol. The number of carbonyl (C=O) groups excluding carboxylic acids is 1. The lowest BCUT2D eigenvalue weighted by atomic mass is 9.95. The van der Waals surface area contributed by atoms with Gasteiger partial charge in [0.05, 0.1) is 10.9 Å². The molecule has 0 aliphatic rings. The van der Waals surface area contributed by atoms with E-state index in [2.05, 4.69) is 11.4 Å². The Hall–Kier alpha value is -2.96. The van der Waals surface area contributed by atoms with Gasteiger partial charge >= 0.3 is 0 Å². The Balaban J connectivity index is 2.03. The van der Waals surface area contributed by atoms with Crippen molar-refractivity contribution >= 4 is 15.9 Å². The van der Waals surface area contributed by atoms with Crippen LogP contribution in [0.25, 0.3) is 0 Å². The number of rotatable bonds is 5. The summed E-state index contributed by atoms with van der Waals surface area (Å²) >= 11 is 0. The number of sulfonamides is 1. The second-order valence-electron chi connectivity index (χ2n) is 7.18. The first-order chi connectivity index (χ1) is 13.7. The second-order valence-corrected chi connectivity index (χ2v) is 8.74. The van der Waals surface area contributed by atoms with E-state index in [9.17, 15) is 13.2 Å². The molecule has 0 aromatic heterocycles. The molecule has 0 heterocycles. The zero-order valence-corrected chi connectivity index (χ0v) is 17.5. The van der Waals surface area contributed by atoms with Crippen LogP contribution in [0.3, 0.4) is 0 Å². The lowest BCUT2D eigenvalue weighted by Crippen LogP contribution is -2.30. The fourth-order valence-corrected chi connectivity index (χ4v) is 3.72. The standard InChI is InChI=1S/C23H24N2O3S/c1-15-9-11-19(13-17(15)3)22(18-7-5-4-6-8-18)25-23(26)21-14-20(29(24,27)28)12-10-16(21)2/h4-14,22H,1-3H3,(H,25,26)(H2,24,27,28)/t22-/m1/s1. The van der Waals surface area contributed by atoms with Crippen LogP contribution in [0.2, 0.25) is 0 Å². The van der Waals surface area contributed by atoms with Crippen molar-refractivity contribution in [3.8, 4) is 0 Å². The molecule has 1 amide bonds. The molecule has 0 aliphatic carbocycles. The third-order valence-corrected chi connectivity index (χ3v) is 5.97. The Morgan fingerprint density at radius 1 is 0.828 bits per heavy atom. The molecule has 150 valence electrons. The molecule has 3 rings (SSSR count). The molecular formula is C23H24N2O3S. The van der Waals surface area contributed by atoms with Crippen molar-refractivity contribution < 1.29 is 13.2 Å². The van der Waals surface area contributed by atoms with Crippen LogP contribution in [0.5, 0.6) is 0 Å². The van der Waals surface area contributed by atoms with Crippen molar-refractivity contribution in [3.05, 3.63) is 100 Å². The monoisotopic (exact) mass is 408 g/mol. The van der Waals surface area contributed by atoms with Gasteiger partial charge in [-0.05, 0) is 60.7 Å². The predicted octanol–water partition coefficient (Wildman–Crippen LogP) is 3.78. The minimum atomic E-state index is -3.90. The molecule has 0 spiro atoms. The number of amides is 1. The number of nitrogens with one attached hydrogen (secondary N) is 1. The number of nitrogens with two attached hydrogens (primary N) is 1. The maximum Gasteiger partial charge on any atom is 0.252 e. The number of carbonyl (C=O) groups is 1. The molecule has 0 aliphatic heterocycles. The highest BCUT2D eigenvalue weighted by Gasteiger charge is 2.21. The summed E-state index contributed by atoms with van der Waals surface area (Å²) < 4.78 is 23.4. The number of hydrogen-bond donors (Lipinski definition) is 2. The summed E-state index contributed by atoms with van der Waals surface area (Å²) in [6, 6.07) is 19.7. The Kier molecular flexibility index (Phi) is 5.86. The van der Waals surface area contributed by atoms with Crippen molar-refractivity contribution in [2.75, 3.05) is 0 Å². The van der Waals surface area contributed by atoms with E-state index in [-0.39, 0.29) is 22.4 Å². The van der Waals surface area contributed by atoms with Crippen molar-refractivity contribution in [2.45, 2.75) is 31.7 Å². The largest absolute Gasteiger partial charge is 0.341 e. The average Bonchev–Trinajstić information content (AvgIpc) is 2.68. The summed E-state index contributed by atoms with van der Waals surface area (Å²) in [6.45, 7) is 5.83. The van der Waals surface area contributed by atoms with Crippen LogP contribution in [0.4, 0.5) is 0 Å². The summed E-state index contributed by atoms with van der Waals surface area (Å²) in [5.74, 6) is -0.361. The van der Waals surface area contributed by atoms with Gasteiger partial charge in [0.25, 0.3) is 5.91 Å². The molecule has 29 heavy (non-hydrogen) atoms. The fraction of sp³-hybridized carbons (Fsp3) is 0.174. The van der Waals surface area contributed by atoms with E-state index < -0.39 is 10.0 Å². The topological polar surface area (TPSA) is 89.3 Å². The molecule has 3 N–H and O–H groups in total. The molecule has 0 saturated carbocycles. The zero-order chi connectivity index (χ0) is 21.2. The summed E-state index contributed by atoms with van der Waals surface area (Å²) in [5, 5.41) is 8.29. The number of aryl methyl sites for hydroxylation is 3. The fourth-order valence-electron chi connectivity index (χ4n) is 3.18. The van der Waals surface area contributed by atoms with Crippen LogP contribution >= 0.6 is 0 Å². The van der Waals surface area contributed by atoms with E-state index in [1.54, 1.807) is 13.0 Å². The van der Waals surface area contributed by atoms with Gasteiger partial charge in [-0.3, -0.25) is 4.79 Å². The zero-order valence-electron chi connectivity index (χ0n) is 16.6. The second kappa shape index (κ2) is 8.19. The van der Waals surface area contributed by atoms with E-state index in [1.165, 1.54) is 17.7 Å². The summed E-state index contributed by atoms with van der Waals surface area (Å²) in [7, 11) is -3.90. The van der Waals surface area contributed by atoms with E-state index in [0.29, 0.717) is 5.56 Å². The van der Waals surface area contributed by atoms with E-state index in [0.717, 1.165) is 16.7 Å². The van der Waals surface area contributed by atoms with Crippen LogP contribution in [0.1, 0.15) is 44.2 Å². The van der Waals surface area contributed by atoms with E-state index in [1.807, 2.05) is 56.3 Å². The van der Waals surface area contributed by atoms with Gasteiger partial charge in [0, 0.05) is 5.56 Å². The average molecular weight is 409 g/mol. The minimum absolute atomic E-state index is 0.0873. The highest BCUT2D eigenvalue weighted by Crippen LogP contribution is 2.25. The molecule has 3 aromatic carbocycles. The SMILES string of the molecule is Cc1ccc([C@H](NC(=O)c2cc(S(N)(=O)=O)ccc2C)c2ccccc2)cc1C. The molecule has 0 radical (unpaired) electrons. The van der Waals surface area contributed by atoms with Gasteiger partial charge in [-0.1, -0.05) is 54.6 Å². The van der Waals surface area contributed by atoms with Crippen molar-refractivity contribution in [1.29, 1.82) is 0 Å². The molecule has 0 unspecified atom stereocenters. The molecule has 6 heteroatoms. The highest BCUT2D eigenvalue weighted by molar-refractivity contribution is 7.89. The number of primary sulfonamides is 1. The summed E-state index contributed by atoms with van der Waals surface area (Å²) in [5.41, 5.74) is 5.13. The van der Waals surface area contributed by atoms with Gasteiger partial charge in [-0.15, -0.1) is 0 Å². The summed E-state index contributed by atoms with van der Waals surface area (Å²) in [6.07, 6.45) is 0. The Morgan fingerprint density at radius 3 is 2.10 bits per heavy atom. The number of hydrogen-bond acceptors (Lipinski definition) is 3. The van der Waals surface area contributed by atoms with Crippen LogP contribution in [0, 0.1) is 20.8 Å². The van der Waals surface area contributed by atoms with Gasteiger partial charge in [-0.25, -0.2) is 13.6 Å². The van der Waals surface area contributed by atoms with Crippen LogP contribution in [0.15, 0.2) is 71.6 Å². The molecular weight excluding hydrogens is 384 g/mol. The molecule has 1 atom stereocenters. The van der Waals surface area contributed by atoms with Gasteiger partial charge in [0.2, 0.25) is 10.0 Å². The maximum absolute atomic E-state index is 13.1. The highest BCUT2D eigenvalue weighted by atomic mass is 32.2. The lowest BCUT2D eigenvalue weighted by Gasteiger charge is -2.21. The minimum Gasteiger partial charge on any atom is -0.341 e. The van der Waals surface area contributed by atoms with E-state index in [4.69, 9.17) is 5.14 Å². The Labute approximate surface area is 171 Å². The molecule has 0 saturated heterocycles. The first-order valence-corrected chi connectivity index (χ1v) is 10.8. The molecule has 3 aromatic rings. The molecule has 0 bridgehead atoms. The van der Waals surface area contributed by atoms with Crippen molar-refractivity contribution in [1.82, 2.24) is 5.32 Å².